The van der Waals surface area contributed by atoms with Gasteiger partial charge < -0.3 is 5.32 Å². The number of nitrogens with one attached hydrogen (secondary N) is 1. The van der Waals surface area contributed by atoms with Crippen LogP contribution in [-0.4, -0.2) is 18.3 Å². The van der Waals surface area contributed by atoms with E-state index in [0.29, 0.717) is 18.2 Å². The standard InChI is InChI=1S/C16H9F8NO/c17-9-3-6-11(12(18)7-9)14(26)25-10-4-1-8(2-5-10)13(15(19,20)21)16(22,23)24/h1-7,13H,(H,25,26). The summed E-state index contributed by atoms with van der Waals surface area (Å²) in [4.78, 5) is 11.8. The van der Waals surface area contributed by atoms with Crippen LogP contribution in [0.2, 0.25) is 0 Å². The van der Waals surface area contributed by atoms with Gasteiger partial charge in [-0.15, -0.1) is 0 Å². The molecular formula is C16H9F8NO. The first-order valence-electron chi connectivity index (χ1n) is 6.89. The van der Waals surface area contributed by atoms with Crippen molar-refractivity contribution in [2.75, 3.05) is 5.32 Å². The van der Waals surface area contributed by atoms with Gasteiger partial charge in [0.15, 0.2) is 5.92 Å². The minimum atomic E-state index is -5.54. The number of halogens is 8. The minimum absolute atomic E-state index is 0.162. The van der Waals surface area contributed by atoms with Gasteiger partial charge in [0.25, 0.3) is 5.91 Å². The van der Waals surface area contributed by atoms with Crippen LogP contribution in [0.5, 0.6) is 0 Å². The van der Waals surface area contributed by atoms with Crippen molar-refractivity contribution in [2.24, 2.45) is 0 Å². The average molecular weight is 383 g/mol. The van der Waals surface area contributed by atoms with Crippen LogP contribution in [0.3, 0.4) is 0 Å². The molecule has 0 radical (unpaired) electrons. The zero-order valence-electron chi connectivity index (χ0n) is 12.6. The van der Waals surface area contributed by atoms with E-state index in [-0.39, 0.29) is 5.69 Å². The van der Waals surface area contributed by atoms with Crippen LogP contribution in [-0.2, 0) is 0 Å². The molecule has 2 aromatic rings. The summed E-state index contributed by atoms with van der Waals surface area (Å²) >= 11 is 0. The van der Waals surface area contributed by atoms with Gasteiger partial charge in [-0.25, -0.2) is 8.78 Å². The largest absolute Gasteiger partial charge is 0.404 e. The third kappa shape index (κ3) is 4.50. The molecule has 140 valence electrons. The van der Waals surface area contributed by atoms with E-state index in [9.17, 15) is 39.9 Å². The molecule has 1 N–H and O–H groups in total. The van der Waals surface area contributed by atoms with Crippen molar-refractivity contribution in [3.8, 4) is 0 Å². The molecule has 2 nitrogen and oxygen atoms in total. The maximum Gasteiger partial charge on any atom is 0.404 e. The molecule has 0 aliphatic rings. The van der Waals surface area contributed by atoms with Crippen molar-refractivity contribution in [1.29, 1.82) is 0 Å². The molecule has 10 heteroatoms. The zero-order valence-corrected chi connectivity index (χ0v) is 12.6. The first kappa shape index (κ1) is 19.7. The van der Waals surface area contributed by atoms with Crippen LogP contribution in [0.25, 0.3) is 0 Å². The number of hydrogen-bond acceptors (Lipinski definition) is 1. The second kappa shape index (κ2) is 6.93. The molecule has 0 spiro atoms. The Morgan fingerprint density at radius 1 is 0.846 bits per heavy atom. The zero-order chi connectivity index (χ0) is 19.7. The van der Waals surface area contributed by atoms with Gasteiger partial charge in [-0.1, -0.05) is 12.1 Å². The van der Waals surface area contributed by atoms with Gasteiger partial charge in [-0.2, -0.15) is 26.3 Å². The lowest BCUT2D eigenvalue weighted by atomic mass is 9.97. The Labute approximate surface area is 141 Å². The van der Waals surface area contributed by atoms with E-state index < -0.39 is 46.9 Å². The second-order valence-corrected chi connectivity index (χ2v) is 5.22. The summed E-state index contributed by atoms with van der Waals surface area (Å²) in [6, 6.07) is 4.87. The number of carbonyl (C=O) groups excluding carboxylic acids is 1. The van der Waals surface area contributed by atoms with E-state index in [2.05, 4.69) is 5.32 Å². The number of alkyl halides is 6. The summed E-state index contributed by atoms with van der Waals surface area (Å²) in [5.41, 5.74) is -1.76. The number of carbonyl (C=O) groups is 1. The van der Waals surface area contributed by atoms with Gasteiger partial charge in [0.2, 0.25) is 0 Å². The lowest BCUT2D eigenvalue weighted by Crippen LogP contribution is -2.34. The smallest absolute Gasteiger partial charge is 0.322 e. The first-order chi connectivity index (χ1) is 11.9. The molecule has 0 bridgehead atoms. The highest BCUT2D eigenvalue weighted by Crippen LogP contribution is 2.46. The van der Waals surface area contributed by atoms with E-state index in [0.717, 1.165) is 24.3 Å². The van der Waals surface area contributed by atoms with E-state index in [1.807, 2.05) is 0 Å². The summed E-state index contributed by atoms with van der Waals surface area (Å²) in [5, 5.41) is 2.10. The highest BCUT2D eigenvalue weighted by Gasteiger charge is 2.57. The molecule has 0 atom stereocenters. The minimum Gasteiger partial charge on any atom is -0.322 e. The third-order valence-corrected chi connectivity index (χ3v) is 3.33. The molecule has 0 aliphatic carbocycles. The summed E-state index contributed by atoms with van der Waals surface area (Å²) in [7, 11) is 0. The van der Waals surface area contributed by atoms with Gasteiger partial charge >= 0.3 is 12.4 Å². The molecule has 0 unspecified atom stereocenters. The maximum atomic E-state index is 13.5. The molecule has 0 heterocycles. The van der Waals surface area contributed by atoms with Crippen LogP contribution in [0.4, 0.5) is 40.8 Å². The van der Waals surface area contributed by atoms with Crippen LogP contribution in [0, 0.1) is 11.6 Å². The predicted octanol–water partition coefficient (Wildman–Crippen LogP) is 5.43. The van der Waals surface area contributed by atoms with E-state index in [1.54, 1.807) is 0 Å². The molecule has 1 amide bonds. The van der Waals surface area contributed by atoms with E-state index in [1.165, 1.54) is 0 Å². The molecule has 0 aromatic heterocycles. The van der Waals surface area contributed by atoms with Gasteiger partial charge in [0.05, 0.1) is 5.56 Å². The monoisotopic (exact) mass is 383 g/mol. The van der Waals surface area contributed by atoms with Crippen molar-refractivity contribution in [3.63, 3.8) is 0 Å². The summed E-state index contributed by atoms with van der Waals surface area (Å²) < 4.78 is 102. The van der Waals surface area contributed by atoms with Crippen molar-refractivity contribution in [3.05, 3.63) is 65.2 Å². The van der Waals surface area contributed by atoms with Gasteiger partial charge in [0, 0.05) is 11.8 Å². The number of amides is 1. The van der Waals surface area contributed by atoms with Crippen LogP contribution < -0.4 is 5.32 Å². The van der Waals surface area contributed by atoms with Crippen molar-refractivity contribution >= 4 is 11.6 Å². The Hall–Kier alpha value is -2.65. The normalized spacial score (nSPS) is 12.3. The Bertz CT molecular complexity index is 781. The average Bonchev–Trinajstić information content (AvgIpc) is 2.46. The van der Waals surface area contributed by atoms with Gasteiger partial charge in [-0.3, -0.25) is 4.79 Å². The number of benzene rings is 2. The third-order valence-electron chi connectivity index (χ3n) is 3.33. The Kier molecular flexibility index (Phi) is 5.24. The summed E-state index contributed by atoms with van der Waals surface area (Å²) in [5.74, 6) is -6.81. The van der Waals surface area contributed by atoms with Crippen LogP contribution in [0.1, 0.15) is 21.8 Å². The first-order valence-corrected chi connectivity index (χ1v) is 6.89. The van der Waals surface area contributed by atoms with Crippen molar-refractivity contribution < 1.29 is 39.9 Å². The number of anilines is 1. The number of rotatable bonds is 3. The van der Waals surface area contributed by atoms with Crippen molar-refractivity contribution in [2.45, 2.75) is 18.3 Å². The molecule has 0 saturated carbocycles. The van der Waals surface area contributed by atoms with Gasteiger partial charge in [0.1, 0.15) is 11.6 Å². The maximum absolute atomic E-state index is 13.5. The van der Waals surface area contributed by atoms with Crippen LogP contribution in [0.15, 0.2) is 42.5 Å². The molecule has 0 aliphatic heterocycles. The highest BCUT2D eigenvalue weighted by molar-refractivity contribution is 6.04. The van der Waals surface area contributed by atoms with Crippen molar-refractivity contribution in [1.82, 2.24) is 0 Å². The number of hydrogen-bond donors (Lipinski definition) is 1. The fourth-order valence-electron chi connectivity index (χ4n) is 2.19. The topological polar surface area (TPSA) is 29.1 Å². The fourth-order valence-corrected chi connectivity index (χ4v) is 2.19. The quantitative estimate of drug-likeness (QED) is 0.704. The summed E-state index contributed by atoms with van der Waals surface area (Å²) in [6.45, 7) is 0. The molecule has 2 aromatic carbocycles. The van der Waals surface area contributed by atoms with E-state index in [4.69, 9.17) is 0 Å². The lowest BCUT2D eigenvalue weighted by Gasteiger charge is -2.23. The lowest BCUT2D eigenvalue weighted by molar-refractivity contribution is -0.253. The molecule has 2 rings (SSSR count). The van der Waals surface area contributed by atoms with Crippen LogP contribution >= 0.6 is 0 Å². The molecule has 0 saturated heterocycles. The Morgan fingerprint density at radius 2 is 1.38 bits per heavy atom. The Morgan fingerprint density at radius 3 is 1.85 bits per heavy atom. The van der Waals surface area contributed by atoms with E-state index >= 15 is 0 Å². The highest BCUT2D eigenvalue weighted by atomic mass is 19.4. The second-order valence-electron chi connectivity index (χ2n) is 5.22. The Balaban J connectivity index is 2.22. The molecule has 0 fully saturated rings. The SMILES string of the molecule is O=C(Nc1ccc(C(C(F)(F)F)C(F)(F)F)cc1)c1ccc(F)cc1F. The molecule has 26 heavy (non-hydrogen) atoms. The van der Waals surface area contributed by atoms with Gasteiger partial charge in [-0.05, 0) is 29.8 Å². The fraction of sp³-hybridized carbons (Fsp3) is 0.188. The summed E-state index contributed by atoms with van der Waals surface area (Å²) in [6.07, 6.45) is -11.1. The predicted molar refractivity (Wildman–Crippen MR) is 75.6 cm³/mol. The molecular weight excluding hydrogens is 374 g/mol.